The van der Waals surface area contributed by atoms with Crippen molar-refractivity contribution in [3.05, 3.63) is 35.6 Å². The molecule has 0 aromatic rings. The van der Waals surface area contributed by atoms with Gasteiger partial charge in [0.15, 0.2) is 0 Å². The van der Waals surface area contributed by atoms with Gasteiger partial charge in [0.1, 0.15) is 11.8 Å². The number of hydrogen-bond acceptors (Lipinski definition) is 4. The summed E-state index contributed by atoms with van der Waals surface area (Å²) in [4.78, 5) is 10.6. The van der Waals surface area contributed by atoms with Crippen LogP contribution in [0.5, 0.6) is 0 Å². The molecule has 6 heteroatoms. The molecule has 0 radical (unpaired) electrons. The second kappa shape index (κ2) is 7.94. The number of halogens is 1. The summed E-state index contributed by atoms with van der Waals surface area (Å²) < 4.78 is 17.2. The van der Waals surface area contributed by atoms with Gasteiger partial charge in [-0.1, -0.05) is 12.2 Å². The van der Waals surface area contributed by atoms with Gasteiger partial charge >= 0.3 is 5.97 Å². The van der Waals surface area contributed by atoms with Crippen LogP contribution in [0.15, 0.2) is 35.6 Å². The number of hydrogen-bond donors (Lipinski definition) is 2. The van der Waals surface area contributed by atoms with Crippen LogP contribution in [0.25, 0.3) is 0 Å². The summed E-state index contributed by atoms with van der Waals surface area (Å²) in [6.45, 7) is 0.307. The molecule has 3 N–H and O–H groups in total. The van der Waals surface area contributed by atoms with Gasteiger partial charge in [-0.25, -0.2) is 0 Å². The minimum absolute atomic E-state index is 0.236. The molecular weight excluding hydrogens is 257 g/mol. The van der Waals surface area contributed by atoms with E-state index in [1.165, 1.54) is 0 Å². The van der Waals surface area contributed by atoms with E-state index in [2.05, 4.69) is 0 Å². The van der Waals surface area contributed by atoms with Crippen molar-refractivity contribution >= 4 is 18.1 Å². The highest BCUT2D eigenvalue weighted by molar-refractivity contribution is 7.94. The van der Waals surface area contributed by atoms with Gasteiger partial charge in [0.2, 0.25) is 0 Å². The SMILES string of the molecule is NC(CC1=CCC=C(OCCSF)C=C1)C(=O)O. The summed E-state index contributed by atoms with van der Waals surface area (Å²) in [6, 6.07) is -0.897. The van der Waals surface area contributed by atoms with Gasteiger partial charge in [0.25, 0.3) is 0 Å². The summed E-state index contributed by atoms with van der Waals surface area (Å²) in [7, 11) is 0. The van der Waals surface area contributed by atoms with Crippen molar-refractivity contribution in [2.45, 2.75) is 18.9 Å². The molecule has 0 fully saturated rings. The molecule has 0 heterocycles. The van der Waals surface area contributed by atoms with E-state index >= 15 is 0 Å². The predicted molar refractivity (Wildman–Crippen MR) is 69.7 cm³/mol. The number of allylic oxidation sites excluding steroid dienone is 4. The molecule has 0 bridgehead atoms. The standard InChI is InChI=1S/C12H16FNO3S/c13-18-7-6-17-10-3-1-2-9(4-5-10)8-11(14)12(15)16/h2-5,11H,1,6-8,14H2,(H,15,16). The fraction of sp³-hybridized carbons (Fsp3) is 0.417. The van der Waals surface area contributed by atoms with E-state index in [9.17, 15) is 8.68 Å². The molecule has 1 aliphatic carbocycles. The number of carboxylic acids is 1. The lowest BCUT2D eigenvalue weighted by Crippen LogP contribution is -2.30. The quantitative estimate of drug-likeness (QED) is 0.696. The van der Waals surface area contributed by atoms with Crippen LogP contribution >= 0.6 is 12.1 Å². The third kappa shape index (κ3) is 5.37. The summed E-state index contributed by atoms with van der Waals surface area (Å²) in [5.41, 5.74) is 6.33. The molecule has 0 spiro atoms. The topological polar surface area (TPSA) is 72.5 Å². The molecule has 0 aromatic heterocycles. The largest absolute Gasteiger partial charge is 0.493 e. The fourth-order valence-electron chi connectivity index (χ4n) is 1.44. The molecule has 1 atom stereocenters. The number of aliphatic carboxylic acids is 1. The lowest BCUT2D eigenvalue weighted by molar-refractivity contribution is -0.138. The minimum Gasteiger partial charge on any atom is -0.493 e. The molecule has 0 saturated heterocycles. The van der Waals surface area contributed by atoms with Crippen LogP contribution in [-0.4, -0.2) is 29.5 Å². The van der Waals surface area contributed by atoms with Crippen molar-refractivity contribution in [2.75, 3.05) is 12.4 Å². The van der Waals surface area contributed by atoms with Crippen molar-refractivity contribution in [1.82, 2.24) is 0 Å². The van der Waals surface area contributed by atoms with Crippen molar-refractivity contribution < 1.29 is 18.5 Å². The van der Waals surface area contributed by atoms with Crippen LogP contribution < -0.4 is 5.73 Å². The molecule has 0 amide bonds. The zero-order valence-electron chi connectivity index (χ0n) is 9.84. The summed E-state index contributed by atoms with van der Waals surface area (Å²) >= 11 is 0.236. The van der Waals surface area contributed by atoms with E-state index in [1.807, 2.05) is 12.2 Å². The molecule has 18 heavy (non-hydrogen) atoms. The zero-order valence-corrected chi connectivity index (χ0v) is 10.7. The van der Waals surface area contributed by atoms with Gasteiger partial charge in [-0.05, 0) is 30.6 Å². The van der Waals surface area contributed by atoms with E-state index < -0.39 is 12.0 Å². The average Bonchev–Trinajstić information content (AvgIpc) is 2.55. The zero-order chi connectivity index (χ0) is 13.4. The molecule has 1 rings (SSSR count). The van der Waals surface area contributed by atoms with Gasteiger partial charge in [0.05, 0.1) is 12.4 Å². The maximum atomic E-state index is 11.8. The highest BCUT2D eigenvalue weighted by Gasteiger charge is 2.13. The maximum Gasteiger partial charge on any atom is 0.320 e. The Bertz CT molecular complexity index is 380. The van der Waals surface area contributed by atoms with Crippen molar-refractivity contribution in [3.8, 4) is 0 Å². The summed E-state index contributed by atoms with van der Waals surface area (Å²) in [5.74, 6) is -0.0628. The Balaban J connectivity index is 2.46. The average molecular weight is 273 g/mol. The monoisotopic (exact) mass is 273 g/mol. The van der Waals surface area contributed by atoms with E-state index in [-0.39, 0.29) is 24.3 Å². The van der Waals surface area contributed by atoms with Crippen molar-refractivity contribution in [2.24, 2.45) is 5.73 Å². The Labute approximate surface area is 110 Å². The van der Waals surface area contributed by atoms with Gasteiger partial charge in [-0.15, -0.1) is 0 Å². The van der Waals surface area contributed by atoms with Gasteiger partial charge in [-0.3, -0.25) is 4.79 Å². The van der Waals surface area contributed by atoms with E-state index in [1.54, 1.807) is 12.2 Å². The molecule has 0 aromatic carbocycles. The lowest BCUT2D eigenvalue weighted by Gasteiger charge is -2.06. The van der Waals surface area contributed by atoms with Crippen LogP contribution in [0.1, 0.15) is 12.8 Å². The van der Waals surface area contributed by atoms with E-state index in [0.29, 0.717) is 18.8 Å². The van der Waals surface area contributed by atoms with Gasteiger partial charge in [0, 0.05) is 12.1 Å². The molecule has 0 saturated carbocycles. The van der Waals surface area contributed by atoms with Crippen LogP contribution in [-0.2, 0) is 9.53 Å². The number of carboxylic acid groups (broad SMARTS) is 1. The van der Waals surface area contributed by atoms with Crippen molar-refractivity contribution in [1.29, 1.82) is 0 Å². The van der Waals surface area contributed by atoms with Crippen LogP contribution in [0, 0.1) is 0 Å². The first kappa shape index (κ1) is 14.8. The van der Waals surface area contributed by atoms with E-state index in [0.717, 1.165) is 5.57 Å². The first-order valence-corrected chi connectivity index (χ1v) is 6.44. The lowest BCUT2D eigenvalue weighted by atomic mass is 10.1. The minimum atomic E-state index is -1.02. The Morgan fingerprint density at radius 3 is 3.00 bits per heavy atom. The highest BCUT2D eigenvalue weighted by Crippen LogP contribution is 2.15. The predicted octanol–water partition coefficient (Wildman–Crippen LogP) is 2.19. The molecule has 1 unspecified atom stereocenters. The Morgan fingerprint density at radius 2 is 2.33 bits per heavy atom. The maximum absolute atomic E-state index is 11.8. The Hall–Kier alpha value is -1.27. The number of carbonyl (C=O) groups is 1. The first-order valence-electron chi connectivity index (χ1n) is 5.55. The first-order chi connectivity index (χ1) is 8.63. The van der Waals surface area contributed by atoms with Gasteiger partial charge < -0.3 is 15.6 Å². The normalized spacial score (nSPS) is 16.6. The third-order valence-corrected chi connectivity index (χ3v) is 2.68. The molecule has 0 aliphatic heterocycles. The van der Waals surface area contributed by atoms with Crippen LogP contribution in [0.2, 0.25) is 0 Å². The summed E-state index contributed by atoms with van der Waals surface area (Å²) in [5, 5.41) is 8.73. The Kier molecular flexibility index (Phi) is 6.53. The number of nitrogens with two attached hydrogens (primary N) is 1. The molecular formula is C12H16FNO3S. The van der Waals surface area contributed by atoms with Crippen LogP contribution in [0.4, 0.5) is 3.89 Å². The van der Waals surface area contributed by atoms with Crippen LogP contribution in [0.3, 0.4) is 0 Å². The molecule has 100 valence electrons. The summed E-state index contributed by atoms with van der Waals surface area (Å²) in [6.07, 6.45) is 8.22. The smallest absolute Gasteiger partial charge is 0.320 e. The van der Waals surface area contributed by atoms with Crippen molar-refractivity contribution in [3.63, 3.8) is 0 Å². The molecule has 4 nitrogen and oxygen atoms in total. The number of ether oxygens (including phenoxy) is 1. The number of rotatable bonds is 7. The second-order valence-electron chi connectivity index (χ2n) is 3.77. The third-order valence-electron chi connectivity index (χ3n) is 2.36. The molecule has 1 aliphatic rings. The fourth-order valence-corrected chi connectivity index (χ4v) is 1.59. The van der Waals surface area contributed by atoms with E-state index in [4.69, 9.17) is 15.6 Å². The second-order valence-corrected chi connectivity index (χ2v) is 4.39. The van der Waals surface area contributed by atoms with Gasteiger partial charge in [-0.2, -0.15) is 3.89 Å². The Morgan fingerprint density at radius 1 is 1.56 bits per heavy atom. The highest BCUT2D eigenvalue weighted by atomic mass is 32.2.